The van der Waals surface area contributed by atoms with E-state index in [0.29, 0.717) is 0 Å². The molecule has 0 radical (unpaired) electrons. The van der Waals surface area contributed by atoms with Crippen LogP contribution in [-0.2, 0) is 0 Å². The van der Waals surface area contributed by atoms with Gasteiger partial charge in [-0.15, -0.1) is 0 Å². The van der Waals surface area contributed by atoms with Gasteiger partial charge in [-0.25, -0.2) is 0 Å². The molecule has 0 nitrogen and oxygen atoms in total. The highest BCUT2D eigenvalue weighted by atomic mass is 14.2. The standard InChI is InChI=1S/C10H16.C2H6/c1-8(2)10-7-5-4-6-9(10)3;1-2/h4-5,9-10H,1,6-7H2,2-3H3;1-2H3. The lowest BCUT2D eigenvalue weighted by molar-refractivity contribution is 0.401. The van der Waals surface area contributed by atoms with Gasteiger partial charge in [-0.3, -0.25) is 0 Å². The van der Waals surface area contributed by atoms with E-state index < -0.39 is 0 Å². The third kappa shape index (κ3) is 3.25. The van der Waals surface area contributed by atoms with Crippen LogP contribution in [0.5, 0.6) is 0 Å². The first kappa shape index (κ1) is 11.5. The molecule has 1 aliphatic carbocycles. The summed E-state index contributed by atoms with van der Waals surface area (Å²) >= 11 is 0. The van der Waals surface area contributed by atoms with Crippen molar-refractivity contribution in [1.82, 2.24) is 0 Å². The fourth-order valence-electron chi connectivity index (χ4n) is 1.64. The molecule has 0 heterocycles. The second kappa shape index (κ2) is 6.05. The van der Waals surface area contributed by atoms with Crippen LogP contribution in [0.2, 0.25) is 0 Å². The van der Waals surface area contributed by atoms with Crippen LogP contribution in [0.4, 0.5) is 0 Å². The van der Waals surface area contributed by atoms with Gasteiger partial charge in [-0.1, -0.05) is 45.1 Å². The van der Waals surface area contributed by atoms with E-state index in [-0.39, 0.29) is 0 Å². The molecular weight excluding hydrogens is 144 g/mol. The van der Waals surface area contributed by atoms with Gasteiger partial charge >= 0.3 is 0 Å². The summed E-state index contributed by atoms with van der Waals surface area (Å²) in [4.78, 5) is 0. The predicted octanol–water partition coefficient (Wildman–Crippen LogP) is 4.19. The molecule has 0 aromatic carbocycles. The Kier molecular flexibility index (Phi) is 5.79. The van der Waals surface area contributed by atoms with E-state index >= 15 is 0 Å². The van der Waals surface area contributed by atoms with Gasteiger partial charge in [0.1, 0.15) is 0 Å². The van der Waals surface area contributed by atoms with Crippen molar-refractivity contribution in [3.63, 3.8) is 0 Å². The maximum absolute atomic E-state index is 4.00. The van der Waals surface area contributed by atoms with Gasteiger partial charge in [-0.2, -0.15) is 0 Å². The molecule has 0 N–H and O–H groups in total. The number of allylic oxidation sites excluding steroid dienone is 3. The van der Waals surface area contributed by atoms with Crippen molar-refractivity contribution in [2.24, 2.45) is 11.8 Å². The van der Waals surface area contributed by atoms with Crippen molar-refractivity contribution in [2.75, 3.05) is 0 Å². The summed E-state index contributed by atoms with van der Waals surface area (Å²) in [7, 11) is 0. The predicted molar refractivity (Wildman–Crippen MR) is 57.2 cm³/mol. The van der Waals surface area contributed by atoms with Crippen molar-refractivity contribution >= 4 is 0 Å². The Morgan fingerprint density at radius 2 is 1.75 bits per heavy atom. The first-order valence-corrected chi connectivity index (χ1v) is 5.02. The molecule has 0 aromatic rings. The number of hydrogen-bond acceptors (Lipinski definition) is 0. The zero-order valence-electron chi connectivity index (χ0n) is 8.93. The van der Waals surface area contributed by atoms with E-state index in [9.17, 15) is 0 Å². The zero-order valence-corrected chi connectivity index (χ0v) is 8.93. The molecule has 2 atom stereocenters. The fourth-order valence-corrected chi connectivity index (χ4v) is 1.64. The van der Waals surface area contributed by atoms with Crippen LogP contribution in [0.1, 0.15) is 40.5 Å². The van der Waals surface area contributed by atoms with E-state index in [1.54, 1.807) is 0 Å². The quantitative estimate of drug-likeness (QED) is 0.512. The minimum atomic E-state index is 0.741. The maximum Gasteiger partial charge on any atom is -0.0145 e. The number of hydrogen-bond donors (Lipinski definition) is 0. The van der Waals surface area contributed by atoms with E-state index in [2.05, 4.69) is 32.6 Å². The Bertz CT molecular complexity index is 153. The molecule has 70 valence electrons. The monoisotopic (exact) mass is 166 g/mol. The summed E-state index contributed by atoms with van der Waals surface area (Å²) < 4.78 is 0. The third-order valence-electron chi connectivity index (χ3n) is 2.38. The Hall–Kier alpha value is -0.520. The van der Waals surface area contributed by atoms with Crippen LogP contribution in [0.3, 0.4) is 0 Å². The highest BCUT2D eigenvalue weighted by Gasteiger charge is 2.17. The molecule has 0 fully saturated rings. The van der Waals surface area contributed by atoms with Gasteiger partial charge in [0.25, 0.3) is 0 Å². The lowest BCUT2D eigenvalue weighted by Gasteiger charge is -2.25. The maximum atomic E-state index is 4.00. The third-order valence-corrected chi connectivity index (χ3v) is 2.38. The van der Waals surface area contributed by atoms with Crippen LogP contribution < -0.4 is 0 Å². The lowest BCUT2D eigenvalue weighted by Crippen LogP contribution is -2.13. The molecule has 0 amide bonds. The summed E-state index contributed by atoms with van der Waals surface area (Å²) in [5.74, 6) is 1.55. The molecule has 0 saturated heterocycles. The van der Waals surface area contributed by atoms with Crippen LogP contribution in [0.15, 0.2) is 24.3 Å². The molecule has 1 rings (SSSR count). The van der Waals surface area contributed by atoms with Crippen molar-refractivity contribution in [3.8, 4) is 0 Å². The van der Waals surface area contributed by atoms with E-state index in [1.165, 1.54) is 18.4 Å². The summed E-state index contributed by atoms with van der Waals surface area (Å²) in [6.45, 7) is 12.4. The first-order chi connectivity index (χ1) is 5.72. The second-order valence-corrected chi connectivity index (χ2v) is 3.37. The molecule has 12 heavy (non-hydrogen) atoms. The smallest absolute Gasteiger partial charge is 0.0145 e. The molecule has 0 bridgehead atoms. The Labute approximate surface area is 77.4 Å². The topological polar surface area (TPSA) is 0 Å². The van der Waals surface area contributed by atoms with Gasteiger partial charge in [0.05, 0.1) is 0 Å². The van der Waals surface area contributed by atoms with Crippen LogP contribution in [-0.4, -0.2) is 0 Å². The van der Waals surface area contributed by atoms with Crippen molar-refractivity contribution in [2.45, 2.75) is 40.5 Å². The van der Waals surface area contributed by atoms with Crippen LogP contribution in [0, 0.1) is 11.8 Å². The molecule has 2 unspecified atom stereocenters. The van der Waals surface area contributed by atoms with Crippen LogP contribution >= 0.6 is 0 Å². The molecule has 0 heteroatoms. The van der Waals surface area contributed by atoms with Crippen molar-refractivity contribution in [3.05, 3.63) is 24.3 Å². The molecule has 0 aromatic heterocycles. The minimum absolute atomic E-state index is 0.741. The molecule has 0 saturated carbocycles. The van der Waals surface area contributed by atoms with Crippen LogP contribution in [0.25, 0.3) is 0 Å². The van der Waals surface area contributed by atoms with E-state index in [4.69, 9.17) is 0 Å². The Balaban J connectivity index is 0.000000561. The van der Waals surface area contributed by atoms with Gasteiger partial charge in [0.15, 0.2) is 0 Å². The molecule has 0 aliphatic heterocycles. The molecule has 1 aliphatic rings. The summed E-state index contributed by atoms with van der Waals surface area (Å²) in [6, 6.07) is 0. The summed E-state index contributed by atoms with van der Waals surface area (Å²) in [5.41, 5.74) is 1.34. The lowest BCUT2D eigenvalue weighted by atomic mass is 9.80. The van der Waals surface area contributed by atoms with Gasteiger partial charge in [0.2, 0.25) is 0 Å². The zero-order chi connectivity index (χ0) is 9.56. The van der Waals surface area contributed by atoms with Crippen molar-refractivity contribution in [1.29, 1.82) is 0 Å². The Morgan fingerprint density at radius 3 is 2.08 bits per heavy atom. The Morgan fingerprint density at radius 1 is 1.25 bits per heavy atom. The first-order valence-electron chi connectivity index (χ1n) is 5.02. The van der Waals surface area contributed by atoms with Crippen molar-refractivity contribution < 1.29 is 0 Å². The average molecular weight is 166 g/mol. The minimum Gasteiger partial charge on any atom is -0.0998 e. The molecule has 0 spiro atoms. The largest absolute Gasteiger partial charge is 0.0998 e. The second-order valence-electron chi connectivity index (χ2n) is 3.37. The summed E-state index contributed by atoms with van der Waals surface area (Å²) in [5, 5.41) is 0. The van der Waals surface area contributed by atoms with Gasteiger partial charge < -0.3 is 0 Å². The van der Waals surface area contributed by atoms with Gasteiger partial charge in [0, 0.05) is 0 Å². The SMILES string of the molecule is C=C(C)C1CC=CCC1C.CC. The summed E-state index contributed by atoms with van der Waals surface area (Å²) in [6.07, 6.45) is 7.00. The van der Waals surface area contributed by atoms with E-state index in [1.807, 2.05) is 13.8 Å². The van der Waals surface area contributed by atoms with E-state index in [0.717, 1.165) is 11.8 Å². The van der Waals surface area contributed by atoms with Gasteiger partial charge in [-0.05, 0) is 31.6 Å². The number of rotatable bonds is 1. The average Bonchev–Trinajstić information content (AvgIpc) is 2.08. The normalized spacial score (nSPS) is 27.3. The highest BCUT2D eigenvalue weighted by molar-refractivity contribution is 5.06. The highest BCUT2D eigenvalue weighted by Crippen LogP contribution is 2.29. The molecular formula is C12H22. The fraction of sp³-hybridized carbons (Fsp3) is 0.667.